The van der Waals surface area contributed by atoms with Crippen LogP contribution in [0.4, 0.5) is 0 Å². The fraction of sp³-hybridized carbons (Fsp3) is 1.00. The van der Waals surface area contributed by atoms with Crippen molar-refractivity contribution >= 4 is 0 Å². The summed E-state index contributed by atoms with van der Waals surface area (Å²) in [5, 5.41) is 3.68. The zero-order valence-corrected chi connectivity index (χ0v) is 12.4. The Morgan fingerprint density at radius 3 is 2.50 bits per heavy atom. The molecule has 2 fully saturated rings. The van der Waals surface area contributed by atoms with Gasteiger partial charge in [-0.2, -0.15) is 0 Å². The fourth-order valence-electron chi connectivity index (χ4n) is 3.07. The van der Waals surface area contributed by atoms with Crippen molar-refractivity contribution in [2.45, 2.75) is 46.1 Å². The van der Waals surface area contributed by atoms with Gasteiger partial charge in [-0.05, 0) is 37.1 Å². The third-order valence-corrected chi connectivity index (χ3v) is 4.58. The van der Waals surface area contributed by atoms with Crippen LogP contribution in [0.3, 0.4) is 0 Å². The molecule has 2 saturated heterocycles. The first-order chi connectivity index (χ1) is 8.55. The average Bonchev–Trinajstić information content (AvgIpc) is 2.79. The van der Waals surface area contributed by atoms with Gasteiger partial charge in [-0.25, -0.2) is 0 Å². The second-order valence-electron chi connectivity index (χ2n) is 6.99. The molecule has 2 rings (SSSR count). The Labute approximate surface area is 112 Å². The smallest absolute Gasteiger partial charge is 0.0480 e. The lowest BCUT2D eigenvalue weighted by atomic mass is 9.80. The molecule has 2 aliphatic heterocycles. The second-order valence-corrected chi connectivity index (χ2v) is 6.99. The van der Waals surface area contributed by atoms with E-state index in [-0.39, 0.29) is 0 Å². The standard InChI is InChI=1S/C15H30N2O/c1-15(2,3)13-4-8-17(12-13)9-7-16-14-5-10-18-11-6-14/h13-14,16H,4-12H2,1-3H3. The summed E-state index contributed by atoms with van der Waals surface area (Å²) >= 11 is 0. The van der Waals surface area contributed by atoms with E-state index < -0.39 is 0 Å². The zero-order chi connectivity index (χ0) is 13.0. The molecule has 2 aliphatic rings. The Morgan fingerprint density at radius 2 is 1.89 bits per heavy atom. The molecule has 1 unspecified atom stereocenters. The highest BCUT2D eigenvalue weighted by molar-refractivity contribution is 4.84. The lowest BCUT2D eigenvalue weighted by molar-refractivity contribution is 0.0773. The summed E-state index contributed by atoms with van der Waals surface area (Å²) in [7, 11) is 0. The van der Waals surface area contributed by atoms with E-state index in [1.54, 1.807) is 0 Å². The molecule has 0 aromatic rings. The van der Waals surface area contributed by atoms with Gasteiger partial charge >= 0.3 is 0 Å². The molecular weight excluding hydrogens is 224 g/mol. The average molecular weight is 254 g/mol. The largest absolute Gasteiger partial charge is 0.381 e. The van der Waals surface area contributed by atoms with Crippen LogP contribution in [-0.4, -0.2) is 50.3 Å². The molecule has 0 spiro atoms. The third-order valence-electron chi connectivity index (χ3n) is 4.58. The molecular formula is C15H30N2O. The molecule has 3 nitrogen and oxygen atoms in total. The maximum atomic E-state index is 5.38. The first-order valence-electron chi connectivity index (χ1n) is 7.59. The van der Waals surface area contributed by atoms with Gasteiger partial charge in [0.2, 0.25) is 0 Å². The monoisotopic (exact) mass is 254 g/mol. The number of hydrogen-bond donors (Lipinski definition) is 1. The number of nitrogens with zero attached hydrogens (tertiary/aromatic N) is 1. The van der Waals surface area contributed by atoms with Gasteiger partial charge in [-0.3, -0.25) is 0 Å². The summed E-state index contributed by atoms with van der Waals surface area (Å²) in [5.41, 5.74) is 0.475. The minimum Gasteiger partial charge on any atom is -0.381 e. The van der Waals surface area contributed by atoms with Crippen molar-refractivity contribution < 1.29 is 4.74 Å². The number of hydrogen-bond acceptors (Lipinski definition) is 3. The van der Waals surface area contributed by atoms with E-state index in [9.17, 15) is 0 Å². The molecule has 0 aliphatic carbocycles. The molecule has 18 heavy (non-hydrogen) atoms. The molecule has 1 atom stereocenters. The number of nitrogens with one attached hydrogen (secondary N) is 1. The van der Waals surface area contributed by atoms with Crippen molar-refractivity contribution in [3.63, 3.8) is 0 Å². The molecule has 0 amide bonds. The van der Waals surface area contributed by atoms with Crippen LogP contribution in [-0.2, 0) is 4.74 Å². The van der Waals surface area contributed by atoms with Crippen LogP contribution in [0.2, 0.25) is 0 Å². The Kier molecular flexibility index (Phi) is 5.05. The van der Waals surface area contributed by atoms with Crippen molar-refractivity contribution in [3.8, 4) is 0 Å². The third kappa shape index (κ3) is 4.22. The summed E-state index contributed by atoms with van der Waals surface area (Å²) in [4.78, 5) is 2.63. The van der Waals surface area contributed by atoms with E-state index in [0.29, 0.717) is 11.5 Å². The summed E-state index contributed by atoms with van der Waals surface area (Å²) in [6, 6.07) is 0.694. The van der Waals surface area contributed by atoms with Crippen LogP contribution in [0.1, 0.15) is 40.0 Å². The lowest BCUT2D eigenvalue weighted by Gasteiger charge is -2.27. The lowest BCUT2D eigenvalue weighted by Crippen LogP contribution is -2.39. The van der Waals surface area contributed by atoms with Gasteiger partial charge in [-0.1, -0.05) is 20.8 Å². The first kappa shape index (κ1) is 14.3. The van der Waals surface area contributed by atoms with Gasteiger partial charge in [0.1, 0.15) is 0 Å². The number of ether oxygens (including phenoxy) is 1. The fourth-order valence-corrected chi connectivity index (χ4v) is 3.07. The van der Waals surface area contributed by atoms with E-state index in [1.807, 2.05) is 0 Å². The molecule has 0 saturated carbocycles. The Balaban J connectivity index is 1.60. The predicted molar refractivity (Wildman–Crippen MR) is 75.8 cm³/mol. The van der Waals surface area contributed by atoms with Crippen molar-refractivity contribution in [2.75, 3.05) is 39.4 Å². The maximum absolute atomic E-state index is 5.38. The van der Waals surface area contributed by atoms with Crippen molar-refractivity contribution in [1.29, 1.82) is 0 Å². The van der Waals surface area contributed by atoms with Gasteiger partial charge in [0.05, 0.1) is 0 Å². The van der Waals surface area contributed by atoms with Crippen LogP contribution in [0.5, 0.6) is 0 Å². The minimum absolute atomic E-state index is 0.475. The van der Waals surface area contributed by atoms with E-state index in [4.69, 9.17) is 4.74 Å². The van der Waals surface area contributed by atoms with Gasteiger partial charge < -0.3 is 15.0 Å². The Bertz CT molecular complexity index is 243. The quantitative estimate of drug-likeness (QED) is 0.832. The van der Waals surface area contributed by atoms with Gasteiger partial charge in [0, 0.05) is 38.9 Å². The highest BCUT2D eigenvalue weighted by Crippen LogP contribution is 2.33. The Hall–Kier alpha value is -0.120. The maximum Gasteiger partial charge on any atom is 0.0480 e. The van der Waals surface area contributed by atoms with Crippen LogP contribution in [0, 0.1) is 11.3 Å². The molecule has 106 valence electrons. The number of likely N-dealkylation sites (tertiary alicyclic amines) is 1. The highest BCUT2D eigenvalue weighted by atomic mass is 16.5. The number of rotatable bonds is 4. The summed E-state index contributed by atoms with van der Waals surface area (Å²) in [6.45, 7) is 13.9. The SMILES string of the molecule is CC(C)(C)C1CCN(CCNC2CCOCC2)C1. The molecule has 1 N–H and O–H groups in total. The molecule has 3 heteroatoms. The van der Waals surface area contributed by atoms with Crippen molar-refractivity contribution in [2.24, 2.45) is 11.3 Å². The van der Waals surface area contributed by atoms with Gasteiger partial charge in [0.15, 0.2) is 0 Å². The van der Waals surface area contributed by atoms with E-state index in [0.717, 1.165) is 25.7 Å². The summed E-state index contributed by atoms with van der Waals surface area (Å²) < 4.78 is 5.38. The second kappa shape index (κ2) is 6.36. The van der Waals surface area contributed by atoms with E-state index >= 15 is 0 Å². The van der Waals surface area contributed by atoms with E-state index in [1.165, 1.54) is 38.9 Å². The Morgan fingerprint density at radius 1 is 1.17 bits per heavy atom. The predicted octanol–water partition coefficient (Wildman–Crippen LogP) is 2.12. The van der Waals surface area contributed by atoms with E-state index in [2.05, 4.69) is 31.0 Å². The van der Waals surface area contributed by atoms with Crippen LogP contribution < -0.4 is 5.32 Å². The van der Waals surface area contributed by atoms with Crippen molar-refractivity contribution in [1.82, 2.24) is 10.2 Å². The molecule has 2 heterocycles. The van der Waals surface area contributed by atoms with Crippen LogP contribution in [0.15, 0.2) is 0 Å². The van der Waals surface area contributed by atoms with Gasteiger partial charge in [-0.15, -0.1) is 0 Å². The first-order valence-corrected chi connectivity index (χ1v) is 7.59. The minimum atomic E-state index is 0.475. The molecule has 0 bridgehead atoms. The zero-order valence-electron chi connectivity index (χ0n) is 12.4. The highest BCUT2D eigenvalue weighted by Gasteiger charge is 2.31. The van der Waals surface area contributed by atoms with Gasteiger partial charge in [0.25, 0.3) is 0 Å². The normalized spacial score (nSPS) is 27.8. The van der Waals surface area contributed by atoms with Crippen LogP contribution >= 0.6 is 0 Å². The summed E-state index contributed by atoms with van der Waals surface area (Å²) in [6.07, 6.45) is 3.75. The molecule has 0 radical (unpaired) electrons. The van der Waals surface area contributed by atoms with Crippen LogP contribution in [0.25, 0.3) is 0 Å². The summed E-state index contributed by atoms with van der Waals surface area (Å²) in [5.74, 6) is 0.876. The van der Waals surface area contributed by atoms with Crippen molar-refractivity contribution in [3.05, 3.63) is 0 Å². The molecule has 0 aromatic heterocycles. The molecule has 0 aromatic carbocycles. The topological polar surface area (TPSA) is 24.5 Å².